The molecule has 0 aliphatic carbocycles. The normalized spacial score (nSPS) is 15.8. The van der Waals surface area contributed by atoms with E-state index in [1.165, 1.54) is 0 Å². The average molecular weight is 513 g/mol. The summed E-state index contributed by atoms with van der Waals surface area (Å²) in [6.45, 7) is 4.02. The van der Waals surface area contributed by atoms with Crippen LogP contribution < -0.4 is 0 Å². The predicted molar refractivity (Wildman–Crippen MR) is 95.4 cm³/mol. The first-order chi connectivity index (χ1) is 8.65. The second-order valence-corrected chi connectivity index (χ2v) is 61.1. The Bertz CT molecular complexity index is 442. The van der Waals surface area contributed by atoms with E-state index in [1.807, 2.05) is 55.8 Å². The second kappa shape index (κ2) is 7.21. The van der Waals surface area contributed by atoms with Crippen LogP contribution in [0.2, 0.25) is 0 Å². The van der Waals surface area contributed by atoms with Crippen LogP contribution in [0.15, 0.2) is 30.3 Å². The molecule has 9 heteroatoms. The number of halogens is 6. The number of nitrogens with zero attached hydrogens (tertiary/aromatic N) is 1. The summed E-state index contributed by atoms with van der Waals surface area (Å²) < 4.78 is 7.32. The number of ether oxygens (including phenoxy) is 1. The molecule has 0 fully saturated rings. The van der Waals surface area contributed by atoms with Gasteiger partial charge in [0.05, 0.1) is 6.10 Å². The Hall–Kier alpha value is 1.25. The zero-order valence-electron chi connectivity index (χ0n) is 11.1. The van der Waals surface area contributed by atoms with Crippen molar-refractivity contribution < 1.29 is 9.31 Å². The van der Waals surface area contributed by atoms with Crippen LogP contribution >= 0.6 is 53.0 Å². The molecule has 20 heavy (non-hydrogen) atoms. The number of benzene rings is 1. The Kier molecular flexibility index (Phi) is 7.66. The van der Waals surface area contributed by atoms with Crippen molar-refractivity contribution in [1.82, 2.24) is 0 Å². The molecule has 1 aromatic rings. The van der Waals surface area contributed by atoms with Gasteiger partial charge in [-0.05, 0) is 13.8 Å². The molecule has 0 aromatic heterocycles. The van der Waals surface area contributed by atoms with Crippen LogP contribution in [0.1, 0.15) is 13.8 Å². The van der Waals surface area contributed by atoms with Gasteiger partial charge >= 0.3 is 68.5 Å². The van der Waals surface area contributed by atoms with E-state index in [0.717, 1.165) is 5.69 Å². The Morgan fingerprint density at radius 2 is 1.40 bits per heavy atom. The van der Waals surface area contributed by atoms with Crippen LogP contribution in [0.4, 0.5) is 5.69 Å². The number of hydrogen-bond acceptors (Lipinski definition) is 1. The summed E-state index contributed by atoms with van der Waals surface area (Å²) in [6.07, 6.45) is 1.96. The van der Waals surface area contributed by atoms with Crippen molar-refractivity contribution in [1.29, 1.82) is 0 Å². The van der Waals surface area contributed by atoms with E-state index in [-0.39, 0.29) is 6.10 Å². The summed E-state index contributed by atoms with van der Waals surface area (Å²) >= 11 is 0. The first-order valence-corrected chi connectivity index (χ1v) is 24.9. The summed E-state index contributed by atoms with van der Waals surface area (Å²) in [4.78, 5) is 0. The van der Waals surface area contributed by atoms with Crippen molar-refractivity contribution in [3.8, 4) is 0 Å². The van der Waals surface area contributed by atoms with E-state index in [0.29, 0.717) is 0 Å². The summed E-state index contributed by atoms with van der Waals surface area (Å²) in [7, 11) is 26.9. The van der Waals surface area contributed by atoms with E-state index >= 15 is 0 Å². The van der Waals surface area contributed by atoms with Gasteiger partial charge in [0, 0.05) is 12.1 Å². The van der Waals surface area contributed by atoms with Crippen molar-refractivity contribution in [3.05, 3.63) is 30.3 Å². The molecule has 0 saturated carbocycles. The minimum atomic E-state index is -5.42. The van der Waals surface area contributed by atoms with Gasteiger partial charge in [0.1, 0.15) is 7.05 Å². The summed E-state index contributed by atoms with van der Waals surface area (Å²) in [5.74, 6) is 0. The van der Waals surface area contributed by atoms with Gasteiger partial charge in [-0.3, -0.25) is 0 Å². The number of para-hydroxylation sites is 1. The first kappa shape index (κ1) is 21.2. The summed E-state index contributed by atoms with van der Waals surface area (Å²) in [6, 6.07) is 10.1. The van der Waals surface area contributed by atoms with Gasteiger partial charge in [0.15, 0.2) is 0 Å². The number of hydrogen-bond donors (Lipinski definition) is 0. The topological polar surface area (TPSA) is 12.2 Å². The van der Waals surface area contributed by atoms with E-state index in [9.17, 15) is 0 Å². The Morgan fingerprint density at radius 1 is 1.00 bits per heavy atom. The molecule has 0 aliphatic rings. The summed E-state index contributed by atoms with van der Waals surface area (Å²) in [5.41, 5.74) is 1.13. The quantitative estimate of drug-likeness (QED) is 0.204. The molecule has 0 amide bonds. The molecule has 0 radical (unpaired) electrons. The molecule has 1 aromatic carbocycles. The molecule has 0 heterocycles. The van der Waals surface area contributed by atoms with Crippen molar-refractivity contribution >= 4 is 74.2 Å². The zero-order chi connectivity index (χ0) is 16.1. The first-order valence-electron chi connectivity index (χ1n) is 5.48. The monoisotopic (exact) mass is 509 g/mol. The molecular formula is C11H16Cl6NOSb. The minimum absolute atomic E-state index is 0.228. The average Bonchev–Trinajstić information content (AvgIpc) is 2.22. The predicted octanol–water partition coefficient (Wildman–Crippen LogP) is 6.17. The maximum atomic E-state index is 5.36. The van der Waals surface area contributed by atoms with Crippen LogP contribution in [0, 0.1) is 0 Å². The van der Waals surface area contributed by atoms with Gasteiger partial charge in [-0.25, -0.2) is 0 Å². The Labute approximate surface area is 139 Å². The second-order valence-electron chi connectivity index (χ2n) is 4.20. The van der Waals surface area contributed by atoms with Gasteiger partial charge in [0.2, 0.25) is 5.69 Å². The third kappa shape index (κ3) is 19.2. The third-order valence-electron chi connectivity index (χ3n) is 1.65. The molecule has 118 valence electrons. The van der Waals surface area contributed by atoms with Gasteiger partial charge < -0.3 is 4.74 Å². The fraction of sp³-hybridized carbons (Fsp3) is 0.364. The van der Waals surface area contributed by atoms with Crippen molar-refractivity contribution in [2.24, 2.45) is 0 Å². The molecule has 0 bridgehead atoms. The zero-order valence-corrected chi connectivity index (χ0v) is 18.2. The summed E-state index contributed by atoms with van der Waals surface area (Å²) in [5, 5.41) is 0. The van der Waals surface area contributed by atoms with Crippen LogP contribution in [0.25, 0.3) is 0 Å². The molecule has 1 rings (SSSR count). The van der Waals surface area contributed by atoms with Crippen molar-refractivity contribution in [2.45, 2.75) is 20.0 Å². The third-order valence-corrected chi connectivity index (χ3v) is 1.65. The molecule has 0 saturated heterocycles. The Balaban J connectivity index is 0.000000441. The van der Waals surface area contributed by atoms with E-state index in [4.69, 9.17) is 57.7 Å². The standard InChI is InChI=1S/C11H16NO.6ClH.Sb/c1-10(2)13-9-12(3)11-7-5-4-6-8-11;;;;;;;/h4-10H,1-3H3;6*1H;/q+1;;;;;;;+5/p-6. The molecule has 0 N–H and O–H groups in total. The van der Waals surface area contributed by atoms with Gasteiger partial charge in [-0.1, -0.05) is 18.2 Å². The molecule has 0 spiro atoms. The SMILES string of the molecule is CC(C)OC=[N+](C)c1ccccc1.[Cl][Sb-]([Cl])([Cl])([Cl])([Cl])[Cl]. The molecule has 0 atom stereocenters. The van der Waals surface area contributed by atoms with Crippen molar-refractivity contribution in [3.63, 3.8) is 0 Å². The van der Waals surface area contributed by atoms with Gasteiger partial charge in [-0.2, -0.15) is 4.58 Å². The molecule has 2 nitrogen and oxygen atoms in total. The van der Waals surface area contributed by atoms with Crippen LogP contribution in [0.3, 0.4) is 0 Å². The molecular weight excluding hydrogens is 497 g/mol. The van der Waals surface area contributed by atoms with Crippen LogP contribution in [-0.2, 0) is 4.74 Å². The fourth-order valence-electron chi connectivity index (χ4n) is 0.937. The van der Waals surface area contributed by atoms with Crippen LogP contribution in [0.5, 0.6) is 0 Å². The molecule has 0 aliphatic heterocycles. The van der Waals surface area contributed by atoms with Gasteiger partial charge in [0.25, 0.3) is 0 Å². The van der Waals surface area contributed by atoms with E-state index in [2.05, 4.69) is 0 Å². The maximum absolute atomic E-state index is 5.42. The fourth-order valence-corrected chi connectivity index (χ4v) is 0.937. The Morgan fingerprint density at radius 3 is 1.75 bits per heavy atom. The number of rotatable bonds is 3. The van der Waals surface area contributed by atoms with E-state index in [1.54, 1.807) is 6.40 Å². The van der Waals surface area contributed by atoms with Crippen molar-refractivity contribution in [2.75, 3.05) is 7.05 Å². The molecule has 0 unspecified atom stereocenters. The van der Waals surface area contributed by atoms with Crippen LogP contribution in [-0.4, -0.2) is 33.3 Å². The van der Waals surface area contributed by atoms with Gasteiger partial charge in [-0.15, -0.1) is 0 Å². The van der Waals surface area contributed by atoms with E-state index < -0.39 is 9.14 Å².